The van der Waals surface area contributed by atoms with Gasteiger partial charge in [0.1, 0.15) is 0 Å². The van der Waals surface area contributed by atoms with Crippen molar-refractivity contribution in [3.8, 4) is 0 Å². The molecule has 0 saturated heterocycles. The second-order valence-corrected chi connectivity index (χ2v) is 5.42. The smallest absolute Gasteiger partial charge is 0.176 e. The van der Waals surface area contributed by atoms with Gasteiger partial charge in [0, 0.05) is 5.56 Å². The summed E-state index contributed by atoms with van der Waals surface area (Å²) < 4.78 is 0. The molecule has 0 aromatic heterocycles. The maximum Gasteiger partial charge on any atom is 0.176 e. The summed E-state index contributed by atoms with van der Waals surface area (Å²) in [5.74, 6) is 0.745. The number of rotatable bonds is 8. The summed E-state index contributed by atoms with van der Waals surface area (Å²) in [6.45, 7) is 11.1. The number of ketones is 1. The van der Waals surface area contributed by atoms with E-state index >= 15 is 0 Å². The van der Waals surface area contributed by atoms with E-state index < -0.39 is 0 Å². The van der Waals surface area contributed by atoms with Crippen molar-refractivity contribution in [3.05, 3.63) is 35.4 Å². The third kappa shape index (κ3) is 5.15. The maximum atomic E-state index is 12.2. The molecule has 0 atom stereocenters. The second kappa shape index (κ2) is 8.11. The highest BCUT2D eigenvalue weighted by atomic mass is 16.1. The number of hydrogen-bond donors (Lipinski definition) is 0. The van der Waals surface area contributed by atoms with E-state index in [9.17, 15) is 4.79 Å². The predicted octanol–water partition coefficient (Wildman–Crippen LogP) is 4.11. The standard InChI is InChI=1S/C17H27NO/c1-5-7-12-18(6-2)13-17(19)16-10-8-15(9-11-16)14(3)4/h8-11,14H,5-7,12-13H2,1-4H3. The van der Waals surface area contributed by atoms with Crippen LogP contribution in [-0.4, -0.2) is 30.3 Å². The Kier molecular flexibility index (Phi) is 6.79. The average molecular weight is 261 g/mol. The van der Waals surface area contributed by atoms with Crippen molar-refractivity contribution in [2.45, 2.75) is 46.5 Å². The van der Waals surface area contributed by atoms with Gasteiger partial charge in [0.15, 0.2) is 5.78 Å². The van der Waals surface area contributed by atoms with E-state index in [4.69, 9.17) is 0 Å². The highest BCUT2D eigenvalue weighted by molar-refractivity contribution is 5.97. The molecule has 0 bridgehead atoms. The van der Waals surface area contributed by atoms with Gasteiger partial charge in [-0.25, -0.2) is 0 Å². The molecule has 0 aliphatic carbocycles. The van der Waals surface area contributed by atoms with Crippen LogP contribution in [0.25, 0.3) is 0 Å². The molecule has 0 amide bonds. The first-order chi connectivity index (χ1) is 9.08. The highest BCUT2D eigenvalue weighted by Crippen LogP contribution is 2.15. The van der Waals surface area contributed by atoms with Crippen molar-refractivity contribution < 1.29 is 4.79 Å². The van der Waals surface area contributed by atoms with E-state index in [1.54, 1.807) is 0 Å². The molecule has 0 fully saturated rings. The van der Waals surface area contributed by atoms with Crippen LogP contribution in [0.4, 0.5) is 0 Å². The van der Waals surface area contributed by atoms with Gasteiger partial charge in [-0.2, -0.15) is 0 Å². The first kappa shape index (κ1) is 15.9. The highest BCUT2D eigenvalue weighted by Gasteiger charge is 2.11. The molecule has 0 N–H and O–H groups in total. The predicted molar refractivity (Wildman–Crippen MR) is 81.9 cm³/mol. The Morgan fingerprint density at radius 3 is 2.26 bits per heavy atom. The van der Waals surface area contributed by atoms with E-state index in [0.29, 0.717) is 12.5 Å². The lowest BCUT2D eigenvalue weighted by atomic mass is 10.0. The zero-order valence-electron chi connectivity index (χ0n) is 12.8. The lowest BCUT2D eigenvalue weighted by Gasteiger charge is -2.19. The van der Waals surface area contributed by atoms with Gasteiger partial charge in [-0.15, -0.1) is 0 Å². The minimum absolute atomic E-state index is 0.230. The van der Waals surface area contributed by atoms with Crippen LogP contribution in [0.15, 0.2) is 24.3 Å². The van der Waals surface area contributed by atoms with Crippen LogP contribution < -0.4 is 0 Å². The van der Waals surface area contributed by atoms with Crippen molar-refractivity contribution in [2.75, 3.05) is 19.6 Å². The molecule has 1 aromatic carbocycles. The number of carbonyl (C=O) groups excluding carboxylic acids is 1. The SMILES string of the molecule is CCCCN(CC)CC(=O)c1ccc(C(C)C)cc1. The number of benzene rings is 1. The van der Waals surface area contributed by atoms with Crippen LogP contribution in [-0.2, 0) is 0 Å². The number of nitrogens with zero attached hydrogens (tertiary/aromatic N) is 1. The maximum absolute atomic E-state index is 12.2. The minimum Gasteiger partial charge on any atom is -0.296 e. The zero-order chi connectivity index (χ0) is 14.3. The molecule has 106 valence electrons. The molecular weight excluding hydrogens is 234 g/mol. The van der Waals surface area contributed by atoms with E-state index in [1.807, 2.05) is 12.1 Å². The van der Waals surface area contributed by atoms with Crippen LogP contribution >= 0.6 is 0 Å². The Hall–Kier alpha value is -1.15. The monoisotopic (exact) mass is 261 g/mol. The summed E-state index contributed by atoms with van der Waals surface area (Å²) in [6.07, 6.45) is 2.33. The van der Waals surface area contributed by atoms with Crippen molar-refractivity contribution in [1.82, 2.24) is 4.90 Å². The van der Waals surface area contributed by atoms with Gasteiger partial charge in [0.2, 0.25) is 0 Å². The molecule has 19 heavy (non-hydrogen) atoms. The molecule has 0 aliphatic rings. The van der Waals surface area contributed by atoms with Gasteiger partial charge in [0.05, 0.1) is 6.54 Å². The summed E-state index contributed by atoms with van der Waals surface area (Å²) in [5.41, 5.74) is 2.12. The molecule has 1 aromatic rings. The molecule has 2 heteroatoms. The first-order valence-electron chi connectivity index (χ1n) is 7.44. The topological polar surface area (TPSA) is 20.3 Å². The number of carbonyl (C=O) groups is 1. The molecule has 2 nitrogen and oxygen atoms in total. The average Bonchev–Trinajstić information content (AvgIpc) is 2.43. The number of Topliss-reactive ketones (excluding diaryl/α,β-unsaturated/α-hetero) is 1. The number of unbranched alkanes of at least 4 members (excludes halogenated alkanes) is 1. The van der Waals surface area contributed by atoms with Crippen molar-refractivity contribution in [1.29, 1.82) is 0 Å². The van der Waals surface area contributed by atoms with Crippen molar-refractivity contribution in [3.63, 3.8) is 0 Å². The van der Waals surface area contributed by atoms with Gasteiger partial charge >= 0.3 is 0 Å². The molecule has 0 aliphatic heterocycles. The lowest BCUT2D eigenvalue weighted by molar-refractivity contribution is 0.0933. The van der Waals surface area contributed by atoms with Gasteiger partial charge in [-0.3, -0.25) is 9.69 Å². The fraction of sp³-hybridized carbons (Fsp3) is 0.588. The van der Waals surface area contributed by atoms with Crippen LogP contribution in [0.5, 0.6) is 0 Å². The molecule has 0 radical (unpaired) electrons. The molecule has 0 unspecified atom stereocenters. The molecule has 0 heterocycles. The Balaban J connectivity index is 2.61. The second-order valence-electron chi connectivity index (χ2n) is 5.42. The summed E-state index contributed by atoms with van der Waals surface area (Å²) in [4.78, 5) is 14.4. The van der Waals surface area contributed by atoms with Gasteiger partial charge < -0.3 is 0 Å². The van der Waals surface area contributed by atoms with E-state index in [1.165, 1.54) is 12.0 Å². The Labute approximate surface area is 117 Å². The fourth-order valence-corrected chi connectivity index (χ4v) is 2.08. The summed E-state index contributed by atoms with van der Waals surface area (Å²) in [6, 6.07) is 8.07. The summed E-state index contributed by atoms with van der Waals surface area (Å²) in [5, 5.41) is 0. The third-order valence-corrected chi connectivity index (χ3v) is 3.54. The Morgan fingerprint density at radius 1 is 1.16 bits per heavy atom. The van der Waals surface area contributed by atoms with Crippen molar-refractivity contribution >= 4 is 5.78 Å². The van der Waals surface area contributed by atoms with Gasteiger partial charge in [0.25, 0.3) is 0 Å². The zero-order valence-corrected chi connectivity index (χ0v) is 12.8. The fourth-order valence-electron chi connectivity index (χ4n) is 2.08. The van der Waals surface area contributed by atoms with E-state index in [-0.39, 0.29) is 5.78 Å². The summed E-state index contributed by atoms with van der Waals surface area (Å²) >= 11 is 0. The normalized spacial score (nSPS) is 11.3. The minimum atomic E-state index is 0.230. The number of hydrogen-bond acceptors (Lipinski definition) is 2. The molecule has 0 spiro atoms. The number of likely N-dealkylation sites (N-methyl/N-ethyl adjacent to an activating group) is 1. The van der Waals surface area contributed by atoms with Crippen molar-refractivity contribution in [2.24, 2.45) is 0 Å². The van der Waals surface area contributed by atoms with Gasteiger partial charge in [-0.05, 0) is 31.0 Å². The third-order valence-electron chi connectivity index (χ3n) is 3.54. The van der Waals surface area contributed by atoms with Crippen LogP contribution in [0, 0.1) is 0 Å². The lowest BCUT2D eigenvalue weighted by Crippen LogP contribution is -2.30. The van der Waals surface area contributed by atoms with Gasteiger partial charge in [-0.1, -0.05) is 58.4 Å². The molecule has 1 rings (SSSR count). The largest absolute Gasteiger partial charge is 0.296 e. The quantitative estimate of drug-likeness (QED) is 0.656. The van der Waals surface area contributed by atoms with Crippen LogP contribution in [0.1, 0.15) is 62.4 Å². The molecular formula is C17H27NO. The first-order valence-corrected chi connectivity index (χ1v) is 7.44. The Bertz CT molecular complexity index is 381. The Morgan fingerprint density at radius 2 is 1.79 bits per heavy atom. The van der Waals surface area contributed by atoms with E-state index in [2.05, 4.69) is 44.7 Å². The van der Waals surface area contributed by atoms with E-state index in [0.717, 1.165) is 25.1 Å². The van der Waals surface area contributed by atoms with Crippen LogP contribution in [0.2, 0.25) is 0 Å². The van der Waals surface area contributed by atoms with Crippen LogP contribution in [0.3, 0.4) is 0 Å². The summed E-state index contributed by atoms with van der Waals surface area (Å²) in [7, 11) is 0. The molecule has 0 saturated carbocycles.